The lowest BCUT2D eigenvalue weighted by molar-refractivity contribution is -0.123. The molecule has 0 radical (unpaired) electrons. The van der Waals surface area contributed by atoms with E-state index < -0.39 is 6.04 Å². The molecule has 29 heavy (non-hydrogen) atoms. The van der Waals surface area contributed by atoms with Crippen molar-refractivity contribution in [2.24, 2.45) is 0 Å². The molecule has 0 bridgehead atoms. The molecule has 1 atom stereocenters. The molecule has 4 rings (SSSR count). The van der Waals surface area contributed by atoms with Crippen LogP contribution in [0.5, 0.6) is 5.75 Å². The highest BCUT2D eigenvalue weighted by atomic mass is 16.5. The van der Waals surface area contributed by atoms with Crippen molar-refractivity contribution in [1.82, 2.24) is 9.78 Å². The van der Waals surface area contributed by atoms with Gasteiger partial charge in [0.05, 0.1) is 19.7 Å². The van der Waals surface area contributed by atoms with E-state index in [1.165, 1.54) is 5.56 Å². The number of benzene rings is 2. The Morgan fingerprint density at radius 3 is 2.55 bits per heavy atom. The Balaban J connectivity index is 1.49. The van der Waals surface area contributed by atoms with Crippen LogP contribution < -0.4 is 15.4 Å². The molecule has 2 heterocycles. The first kappa shape index (κ1) is 18.7. The van der Waals surface area contributed by atoms with E-state index in [-0.39, 0.29) is 18.2 Å². The summed E-state index contributed by atoms with van der Waals surface area (Å²) in [5.74, 6) is 0.886. The second kappa shape index (κ2) is 7.79. The van der Waals surface area contributed by atoms with Crippen molar-refractivity contribution in [2.45, 2.75) is 25.8 Å². The first-order valence-corrected chi connectivity index (χ1v) is 9.50. The van der Waals surface area contributed by atoms with E-state index in [4.69, 9.17) is 4.74 Å². The van der Waals surface area contributed by atoms with Gasteiger partial charge in [-0.15, -0.1) is 0 Å². The number of hydrogen-bond donors (Lipinski definition) is 2. The molecule has 1 aromatic heterocycles. The first-order valence-electron chi connectivity index (χ1n) is 9.50. The van der Waals surface area contributed by atoms with Crippen molar-refractivity contribution in [1.29, 1.82) is 0 Å². The lowest BCUT2D eigenvalue weighted by Crippen LogP contribution is -2.23. The minimum Gasteiger partial charge on any atom is -0.497 e. The zero-order valence-electron chi connectivity index (χ0n) is 16.3. The average Bonchev–Trinajstić information content (AvgIpc) is 3.28. The third-order valence-electron chi connectivity index (χ3n) is 5.06. The number of aromatic nitrogens is 2. The second-order valence-corrected chi connectivity index (χ2v) is 6.89. The number of methoxy groups -OCH3 is 1. The molecule has 0 fully saturated rings. The molecule has 148 valence electrons. The Kier molecular flexibility index (Phi) is 5.03. The number of anilines is 2. The van der Waals surface area contributed by atoms with Gasteiger partial charge >= 0.3 is 0 Å². The van der Waals surface area contributed by atoms with Crippen LogP contribution in [-0.2, 0) is 16.0 Å². The number of rotatable bonds is 6. The van der Waals surface area contributed by atoms with Gasteiger partial charge < -0.3 is 15.4 Å². The van der Waals surface area contributed by atoms with Gasteiger partial charge in [0.25, 0.3) is 5.91 Å². The van der Waals surface area contributed by atoms with Crippen molar-refractivity contribution in [3.05, 3.63) is 60.3 Å². The van der Waals surface area contributed by atoms with Gasteiger partial charge in [-0.1, -0.05) is 31.2 Å². The average molecular weight is 390 g/mol. The number of amides is 2. The molecule has 3 aromatic rings. The van der Waals surface area contributed by atoms with Crippen LogP contribution in [0.15, 0.2) is 54.7 Å². The molecule has 2 N–H and O–H groups in total. The Hall–Kier alpha value is -3.61. The molecule has 2 amide bonds. The van der Waals surface area contributed by atoms with Crippen LogP contribution in [0, 0.1) is 0 Å². The van der Waals surface area contributed by atoms with Crippen molar-refractivity contribution >= 4 is 23.3 Å². The van der Waals surface area contributed by atoms with Crippen LogP contribution in [0.3, 0.4) is 0 Å². The summed E-state index contributed by atoms with van der Waals surface area (Å²) in [5.41, 5.74) is 3.63. The zero-order valence-corrected chi connectivity index (χ0v) is 16.3. The summed E-state index contributed by atoms with van der Waals surface area (Å²) in [6, 6.07) is 14.5. The Morgan fingerprint density at radius 1 is 1.17 bits per heavy atom. The number of aryl methyl sites for hydroxylation is 1. The fourth-order valence-electron chi connectivity index (χ4n) is 3.41. The highest BCUT2D eigenvalue weighted by Gasteiger charge is 2.35. The van der Waals surface area contributed by atoms with E-state index in [1.807, 2.05) is 48.5 Å². The van der Waals surface area contributed by atoms with E-state index in [0.29, 0.717) is 11.5 Å². The predicted octanol–water partition coefficient (Wildman–Crippen LogP) is 3.64. The lowest BCUT2D eigenvalue weighted by Gasteiger charge is -2.10. The highest BCUT2D eigenvalue weighted by molar-refractivity contribution is 6.04. The summed E-state index contributed by atoms with van der Waals surface area (Å²) < 4.78 is 6.77. The maximum atomic E-state index is 12.5. The van der Waals surface area contributed by atoms with Gasteiger partial charge in [-0.2, -0.15) is 5.10 Å². The quantitative estimate of drug-likeness (QED) is 0.673. The summed E-state index contributed by atoms with van der Waals surface area (Å²) in [6.07, 6.45) is 2.65. The van der Waals surface area contributed by atoms with Crippen molar-refractivity contribution in [3.63, 3.8) is 0 Å². The molecule has 2 aromatic carbocycles. The van der Waals surface area contributed by atoms with Gasteiger partial charge in [-0.25, -0.2) is 4.68 Å². The van der Waals surface area contributed by atoms with Gasteiger partial charge in [0, 0.05) is 11.3 Å². The normalized spacial score (nSPS) is 15.0. The molecular formula is C22H22N4O3. The van der Waals surface area contributed by atoms with E-state index in [2.05, 4.69) is 22.7 Å². The number of fused-ring (bicyclic) bond motifs is 1. The smallest absolute Gasteiger partial charge is 0.251 e. The third kappa shape index (κ3) is 3.71. The first-order chi connectivity index (χ1) is 14.1. The second-order valence-electron chi connectivity index (χ2n) is 6.89. The van der Waals surface area contributed by atoms with Crippen LogP contribution in [0.25, 0.3) is 11.1 Å². The third-order valence-corrected chi connectivity index (χ3v) is 5.06. The number of hydrogen-bond acceptors (Lipinski definition) is 4. The fraction of sp³-hybridized carbons (Fsp3) is 0.227. The van der Waals surface area contributed by atoms with Crippen molar-refractivity contribution < 1.29 is 14.3 Å². The Morgan fingerprint density at radius 2 is 1.90 bits per heavy atom. The van der Waals surface area contributed by atoms with E-state index in [9.17, 15) is 9.59 Å². The zero-order chi connectivity index (χ0) is 20.4. The van der Waals surface area contributed by atoms with Gasteiger partial charge in [0.1, 0.15) is 17.6 Å². The number of carbonyl (C=O) groups is 2. The van der Waals surface area contributed by atoms with Crippen LogP contribution in [-0.4, -0.2) is 28.7 Å². The maximum Gasteiger partial charge on any atom is 0.251 e. The minimum atomic E-state index is -0.674. The summed E-state index contributed by atoms with van der Waals surface area (Å²) >= 11 is 0. The van der Waals surface area contributed by atoms with E-state index in [1.54, 1.807) is 18.0 Å². The fourth-order valence-corrected chi connectivity index (χ4v) is 3.41. The molecular weight excluding hydrogens is 368 g/mol. The van der Waals surface area contributed by atoms with Crippen LogP contribution in [0.4, 0.5) is 11.5 Å². The molecule has 0 saturated carbocycles. The number of ether oxygens (including phenoxy) is 1. The molecule has 0 saturated heterocycles. The van der Waals surface area contributed by atoms with Crippen LogP contribution >= 0.6 is 0 Å². The summed E-state index contributed by atoms with van der Waals surface area (Å²) in [7, 11) is 1.61. The van der Waals surface area contributed by atoms with Crippen LogP contribution in [0.2, 0.25) is 0 Å². The molecule has 0 aliphatic carbocycles. The highest BCUT2D eigenvalue weighted by Crippen LogP contribution is 2.36. The standard InChI is InChI=1S/C22H22N4O3/c1-3-14-4-8-16(9-5-14)24-20(27)12-19-22(28)25-21-18(13-23-26(19)21)15-6-10-17(29-2)11-7-15/h4-11,13,19H,3,12H2,1-2H3,(H,24,27)(H,25,28). The molecule has 1 aliphatic rings. The summed E-state index contributed by atoms with van der Waals surface area (Å²) in [4.78, 5) is 25.0. The SMILES string of the molecule is CCc1ccc(NC(=O)CC2C(=O)Nc3c(-c4ccc(OC)cc4)cnn32)cc1. The predicted molar refractivity (Wildman–Crippen MR) is 111 cm³/mol. The molecule has 7 nitrogen and oxygen atoms in total. The van der Waals surface area contributed by atoms with Gasteiger partial charge in [-0.05, 0) is 41.8 Å². The van der Waals surface area contributed by atoms with Gasteiger partial charge in [0.15, 0.2) is 0 Å². The largest absolute Gasteiger partial charge is 0.497 e. The lowest BCUT2D eigenvalue weighted by atomic mass is 10.1. The van der Waals surface area contributed by atoms with Gasteiger partial charge in [0.2, 0.25) is 5.91 Å². The molecule has 1 unspecified atom stereocenters. The number of carbonyl (C=O) groups excluding carboxylic acids is 2. The Bertz CT molecular complexity index is 1040. The summed E-state index contributed by atoms with van der Waals surface area (Å²) in [6.45, 7) is 2.08. The monoisotopic (exact) mass is 390 g/mol. The topological polar surface area (TPSA) is 85.2 Å². The molecule has 7 heteroatoms. The summed E-state index contributed by atoms with van der Waals surface area (Å²) in [5, 5.41) is 10.1. The maximum absolute atomic E-state index is 12.5. The van der Waals surface area contributed by atoms with Crippen molar-refractivity contribution in [3.8, 4) is 16.9 Å². The number of nitrogens with one attached hydrogen (secondary N) is 2. The van der Waals surface area contributed by atoms with Crippen LogP contribution in [0.1, 0.15) is 24.9 Å². The number of nitrogens with zero attached hydrogens (tertiary/aromatic N) is 2. The molecule has 1 aliphatic heterocycles. The molecule has 0 spiro atoms. The Labute approximate surface area is 168 Å². The van der Waals surface area contributed by atoms with E-state index in [0.717, 1.165) is 23.3 Å². The van der Waals surface area contributed by atoms with Gasteiger partial charge in [-0.3, -0.25) is 9.59 Å². The minimum absolute atomic E-state index is 0.0120. The van der Waals surface area contributed by atoms with E-state index >= 15 is 0 Å². The van der Waals surface area contributed by atoms with Crippen molar-refractivity contribution in [2.75, 3.05) is 17.7 Å².